The number of benzene rings is 2. The van der Waals surface area contributed by atoms with Crippen LogP contribution in [0.4, 0.5) is 13.2 Å². The zero-order valence-corrected chi connectivity index (χ0v) is 17.3. The molecule has 30 heavy (non-hydrogen) atoms. The molecule has 0 aromatic heterocycles. The first kappa shape index (κ1) is 23.5. The van der Waals surface area contributed by atoms with E-state index in [1.165, 1.54) is 7.11 Å². The molecule has 0 spiro atoms. The number of nitrogens with one attached hydrogen (secondary N) is 1. The van der Waals surface area contributed by atoms with Crippen molar-refractivity contribution < 1.29 is 32.2 Å². The van der Waals surface area contributed by atoms with Crippen LogP contribution in [0.1, 0.15) is 35.3 Å². The fourth-order valence-electron chi connectivity index (χ4n) is 2.61. The number of carbonyl (C=O) groups excluding carboxylic acids is 2. The van der Waals surface area contributed by atoms with Crippen molar-refractivity contribution in [1.29, 1.82) is 0 Å². The lowest BCUT2D eigenvalue weighted by Crippen LogP contribution is -2.45. The molecule has 162 valence electrons. The lowest BCUT2D eigenvalue weighted by molar-refractivity contribution is -0.144. The molecule has 0 saturated heterocycles. The molecule has 1 amide bonds. The van der Waals surface area contributed by atoms with E-state index in [9.17, 15) is 22.8 Å². The van der Waals surface area contributed by atoms with Gasteiger partial charge in [-0.2, -0.15) is 13.2 Å². The number of carbonyl (C=O) groups is 2. The number of amides is 1. The van der Waals surface area contributed by atoms with E-state index >= 15 is 0 Å². The molecule has 0 bridgehead atoms. The van der Waals surface area contributed by atoms with E-state index in [4.69, 9.17) is 21.1 Å². The minimum Gasteiger partial charge on any atom is -0.487 e. The number of halogens is 4. The summed E-state index contributed by atoms with van der Waals surface area (Å²) in [5.41, 5.74) is 0.0192. The van der Waals surface area contributed by atoms with Crippen LogP contribution in [0.5, 0.6) is 5.75 Å². The van der Waals surface area contributed by atoms with E-state index < -0.39 is 29.7 Å². The van der Waals surface area contributed by atoms with Crippen molar-refractivity contribution in [3.05, 3.63) is 64.2 Å². The van der Waals surface area contributed by atoms with Gasteiger partial charge in [0.1, 0.15) is 18.4 Å². The van der Waals surface area contributed by atoms with Crippen molar-refractivity contribution >= 4 is 23.5 Å². The Morgan fingerprint density at radius 1 is 1.13 bits per heavy atom. The zero-order valence-electron chi connectivity index (χ0n) is 16.5. The number of alkyl halides is 3. The number of hydrogen-bond donors (Lipinski definition) is 1. The molecule has 0 heterocycles. The molecule has 0 radical (unpaired) electrons. The van der Waals surface area contributed by atoms with Gasteiger partial charge in [0.2, 0.25) is 0 Å². The van der Waals surface area contributed by atoms with E-state index in [-0.39, 0.29) is 23.3 Å². The summed E-state index contributed by atoms with van der Waals surface area (Å²) in [6.45, 7) is 3.54. The van der Waals surface area contributed by atoms with Gasteiger partial charge in [-0.05, 0) is 41.8 Å². The molecule has 2 rings (SSSR count). The third kappa shape index (κ3) is 6.13. The summed E-state index contributed by atoms with van der Waals surface area (Å²) >= 11 is 5.88. The standard InChI is InChI=1S/C21H21ClF3NO4/c1-12(2)18(20(28)29-3)26-19(27)14-6-4-5-13(9-14)11-30-17-8-7-15(10-16(17)22)21(23,24)25/h4-10,12,18H,11H2,1-3H3,(H,26,27). The van der Waals surface area contributed by atoms with Crippen LogP contribution < -0.4 is 10.1 Å². The van der Waals surface area contributed by atoms with Crippen molar-refractivity contribution in [2.45, 2.75) is 32.7 Å². The Hall–Kier alpha value is -2.74. The smallest absolute Gasteiger partial charge is 0.416 e. The Balaban J connectivity index is 2.09. The molecule has 5 nitrogen and oxygen atoms in total. The second kappa shape index (κ2) is 9.84. The Morgan fingerprint density at radius 2 is 1.83 bits per heavy atom. The molecular weight excluding hydrogens is 423 g/mol. The Morgan fingerprint density at radius 3 is 2.40 bits per heavy atom. The highest BCUT2D eigenvalue weighted by Gasteiger charge is 2.31. The number of hydrogen-bond acceptors (Lipinski definition) is 4. The van der Waals surface area contributed by atoms with Crippen LogP contribution in [0.3, 0.4) is 0 Å². The van der Waals surface area contributed by atoms with E-state index in [2.05, 4.69) is 5.32 Å². The lowest BCUT2D eigenvalue weighted by atomic mass is 10.0. The van der Waals surface area contributed by atoms with E-state index in [1.807, 2.05) is 0 Å². The molecule has 1 N–H and O–H groups in total. The third-order valence-corrected chi connectivity index (χ3v) is 4.55. The van der Waals surface area contributed by atoms with Gasteiger partial charge in [-0.25, -0.2) is 4.79 Å². The summed E-state index contributed by atoms with van der Waals surface area (Å²) in [5.74, 6) is -1.09. The molecule has 0 aliphatic rings. The van der Waals surface area contributed by atoms with Gasteiger partial charge in [0.05, 0.1) is 17.7 Å². The summed E-state index contributed by atoms with van der Waals surface area (Å²) < 4.78 is 48.4. The first-order valence-corrected chi connectivity index (χ1v) is 9.38. The summed E-state index contributed by atoms with van der Waals surface area (Å²) in [6, 6.07) is 8.46. The Bertz CT molecular complexity index is 915. The lowest BCUT2D eigenvalue weighted by Gasteiger charge is -2.20. The molecule has 0 saturated carbocycles. The maximum absolute atomic E-state index is 12.7. The van der Waals surface area contributed by atoms with Crippen LogP contribution >= 0.6 is 11.6 Å². The first-order chi connectivity index (χ1) is 14.0. The van der Waals surface area contributed by atoms with Gasteiger partial charge >= 0.3 is 12.1 Å². The Labute approximate surface area is 177 Å². The van der Waals surface area contributed by atoms with Crippen molar-refractivity contribution in [3.63, 3.8) is 0 Å². The molecule has 2 aromatic rings. The summed E-state index contributed by atoms with van der Waals surface area (Å²) in [7, 11) is 1.24. The highest BCUT2D eigenvalue weighted by atomic mass is 35.5. The quantitative estimate of drug-likeness (QED) is 0.620. The average Bonchev–Trinajstić information content (AvgIpc) is 2.69. The minimum absolute atomic E-state index is 0.0170. The summed E-state index contributed by atoms with van der Waals surface area (Å²) in [6.07, 6.45) is -4.50. The normalized spacial score (nSPS) is 12.4. The van der Waals surface area contributed by atoms with Crippen molar-refractivity contribution in [2.24, 2.45) is 5.92 Å². The second-order valence-corrected chi connectivity index (χ2v) is 7.26. The van der Waals surface area contributed by atoms with Crippen molar-refractivity contribution in [2.75, 3.05) is 7.11 Å². The molecular formula is C21H21ClF3NO4. The fraction of sp³-hybridized carbons (Fsp3) is 0.333. The van der Waals surface area contributed by atoms with Crippen LogP contribution in [0.2, 0.25) is 5.02 Å². The van der Waals surface area contributed by atoms with E-state index in [0.29, 0.717) is 11.1 Å². The van der Waals surface area contributed by atoms with E-state index in [0.717, 1.165) is 18.2 Å². The predicted octanol–water partition coefficient (Wildman–Crippen LogP) is 4.87. The third-order valence-electron chi connectivity index (χ3n) is 4.25. The number of esters is 1. The van der Waals surface area contributed by atoms with Crippen molar-refractivity contribution in [3.8, 4) is 5.75 Å². The zero-order chi connectivity index (χ0) is 22.5. The molecule has 1 atom stereocenters. The SMILES string of the molecule is COC(=O)C(NC(=O)c1cccc(COc2ccc(C(F)(F)F)cc2Cl)c1)C(C)C. The maximum Gasteiger partial charge on any atom is 0.416 e. The molecule has 0 aliphatic carbocycles. The molecule has 2 aromatic carbocycles. The monoisotopic (exact) mass is 443 g/mol. The van der Waals surface area contributed by atoms with Crippen LogP contribution in [0, 0.1) is 5.92 Å². The number of methoxy groups -OCH3 is 1. The van der Waals surface area contributed by atoms with Gasteiger partial charge in [-0.1, -0.05) is 37.6 Å². The largest absolute Gasteiger partial charge is 0.487 e. The average molecular weight is 444 g/mol. The molecule has 1 unspecified atom stereocenters. The van der Waals surface area contributed by atoms with E-state index in [1.54, 1.807) is 38.1 Å². The second-order valence-electron chi connectivity index (χ2n) is 6.85. The minimum atomic E-state index is -4.50. The van der Waals surface area contributed by atoms with Crippen LogP contribution in [0.25, 0.3) is 0 Å². The number of rotatable bonds is 7. The van der Waals surface area contributed by atoms with Crippen LogP contribution in [-0.4, -0.2) is 25.0 Å². The topological polar surface area (TPSA) is 64.6 Å². The summed E-state index contributed by atoms with van der Waals surface area (Å²) in [4.78, 5) is 24.3. The van der Waals surface area contributed by atoms with Gasteiger partial charge in [0, 0.05) is 5.56 Å². The summed E-state index contributed by atoms with van der Waals surface area (Å²) in [5, 5.41) is 2.46. The van der Waals surface area contributed by atoms with Crippen LogP contribution in [0.15, 0.2) is 42.5 Å². The first-order valence-electron chi connectivity index (χ1n) is 9.00. The Kier molecular flexibility index (Phi) is 7.72. The predicted molar refractivity (Wildman–Crippen MR) is 105 cm³/mol. The maximum atomic E-state index is 12.7. The van der Waals surface area contributed by atoms with Gasteiger partial charge in [-0.15, -0.1) is 0 Å². The fourth-order valence-corrected chi connectivity index (χ4v) is 2.84. The van der Waals surface area contributed by atoms with Crippen LogP contribution in [-0.2, 0) is 22.3 Å². The molecule has 0 aliphatic heterocycles. The van der Waals surface area contributed by atoms with Gasteiger partial charge in [0.25, 0.3) is 5.91 Å². The van der Waals surface area contributed by atoms with Gasteiger partial charge in [-0.3, -0.25) is 4.79 Å². The van der Waals surface area contributed by atoms with Gasteiger partial charge < -0.3 is 14.8 Å². The number of ether oxygens (including phenoxy) is 2. The molecule has 9 heteroatoms. The van der Waals surface area contributed by atoms with Gasteiger partial charge in [0.15, 0.2) is 0 Å². The van der Waals surface area contributed by atoms with Crippen molar-refractivity contribution in [1.82, 2.24) is 5.32 Å². The highest BCUT2D eigenvalue weighted by Crippen LogP contribution is 2.34. The highest BCUT2D eigenvalue weighted by molar-refractivity contribution is 6.32. The molecule has 0 fully saturated rings.